The van der Waals surface area contributed by atoms with E-state index < -0.39 is 0 Å². The highest BCUT2D eigenvalue weighted by Crippen LogP contribution is 2.28. The van der Waals surface area contributed by atoms with Gasteiger partial charge in [-0.1, -0.05) is 6.07 Å². The lowest BCUT2D eigenvalue weighted by atomic mass is 10.2. The summed E-state index contributed by atoms with van der Waals surface area (Å²) in [5.41, 5.74) is 1.34. The number of thiophene rings is 2. The minimum atomic E-state index is 0.767. The van der Waals surface area contributed by atoms with Crippen molar-refractivity contribution < 1.29 is 4.74 Å². The second kappa shape index (κ2) is 6.15. The van der Waals surface area contributed by atoms with Gasteiger partial charge in [0.15, 0.2) is 0 Å². The van der Waals surface area contributed by atoms with Gasteiger partial charge in [0.25, 0.3) is 0 Å². The summed E-state index contributed by atoms with van der Waals surface area (Å²) in [4.78, 5) is 2.72. The Morgan fingerprint density at radius 2 is 2.31 bits per heavy atom. The van der Waals surface area contributed by atoms with Crippen molar-refractivity contribution >= 4 is 22.7 Å². The summed E-state index contributed by atoms with van der Waals surface area (Å²) < 4.78 is 4.99. The quantitative estimate of drug-likeness (QED) is 0.798. The van der Waals surface area contributed by atoms with Crippen LogP contribution in [0.15, 0.2) is 29.0 Å². The van der Waals surface area contributed by atoms with E-state index in [-0.39, 0.29) is 0 Å². The minimum absolute atomic E-state index is 0.767. The fourth-order valence-corrected chi connectivity index (χ4v) is 3.07. The second-order valence-corrected chi connectivity index (χ2v) is 5.39. The van der Waals surface area contributed by atoms with Crippen LogP contribution in [-0.4, -0.2) is 20.3 Å². The summed E-state index contributed by atoms with van der Waals surface area (Å²) >= 11 is 3.60. The lowest BCUT2D eigenvalue weighted by Gasteiger charge is -2.00. The zero-order chi connectivity index (χ0) is 11.2. The Hall–Kier alpha value is -0.680. The van der Waals surface area contributed by atoms with E-state index in [9.17, 15) is 0 Å². The van der Waals surface area contributed by atoms with Gasteiger partial charge in [-0.25, -0.2) is 0 Å². The first-order valence-electron chi connectivity index (χ1n) is 5.21. The van der Waals surface area contributed by atoms with Crippen LogP contribution in [0.4, 0.5) is 0 Å². The van der Waals surface area contributed by atoms with Crippen molar-refractivity contribution in [2.45, 2.75) is 6.54 Å². The highest BCUT2D eigenvalue weighted by atomic mass is 32.1. The van der Waals surface area contributed by atoms with E-state index in [1.807, 2.05) is 11.3 Å². The van der Waals surface area contributed by atoms with Crippen molar-refractivity contribution in [1.29, 1.82) is 0 Å². The Kier molecular flexibility index (Phi) is 4.54. The summed E-state index contributed by atoms with van der Waals surface area (Å²) in [7, 11) is 1.72. The van der Waals surface area contributed by atoms with Crippen LogP contribution in [0, 0.1) is 0 Å². The Balaban J connectivity index is 1.88. The Bertz CT molecular complexity index is 408. The molecule has 2 heterocycles. The third-order valence-corrected chi connectivity index (χ3v) is 4.10. The highest BCUT2D eigenvalue weighted by molar-refractivity contribution is 7.14. The first kappa shape index (κ1) is 11.8. The normalized spacial score (nSPS) is 10.8. The number of hydrogen-bond acceptors (Lipinski definition) is 4. The molecule has 0 aliphatic rings. The van der Waals surface area contributed by atoms with Crippen LogP contribution in [0.2, 0.25) is 0 Å². The zero-order valence-corrected chi connectivity index (χ0v) is 10.9. The first-order valence-corrected chi connectivity index (χ1v) is 6.97. The number of methoxy groups -OCH3 is 1. The molecule has 0 atom stereocenters. The van der Waals surface area contributed by atoms with Gasteiger partial charge in [-0.15, -0.1) is 22.7 Å². The summed E-state index contributed by atoms with van der Waals surface area (Å²) in [6.45, 7) is 2.60. The molecule has 0 bridgehead atoms. The standard InChI is InChI=1S/C12H15NOS2/c1-14-5-4-13-8-11-7-10(9-16-11)12-3-2-6-15-12/h2-3,6-7,9,13H,4-5,8H2,1H3. The maximum Gasteiger partial charge on any atom is 0.0587 e. The fraction of sp³-hybridized carbons (Fsp3) is 0.333. The monoisotopic (exact) mass is 253 g/mol. The van der Waals surface area contributed by atoms with Crippen molar-refractivity contribution in [3.8, 4) is 10.4 Å². The van der Waals surface area contributed by atoms with Gasteiger partial charge in [0.1, 0.15) is 0 Å². The molecule has 0 fully saturated rings. The lowest BCUT2D eigenvalue weighted by molar-refractivity contribution is 0.199. The van der Waals surface area contributed by atoms with Crippen LogP contribution in [-0.2, 0) is 11.3 Å². The number of hydrogen-bond donors (Lipinski definition) is 1. The van der Waals surface area contributed by atoms with Gasteiger partial charge < -0.3 is 10.1 Å². The molecule has 0 saturated carbocycles. The van der Waals surface area contributed by atoms with Gasteiger partial charge in [0, 0.05) is 35.5 Å². The molecule has 16 heavy (non-hydrogen) atoms. The van der Waals surface area contributed by atoms with Gasteiger partial charge in [0.05, 0.1) is 6.61 Å². The van der Waals surface area contributed by atoms with E-state index in [1.165, 1.54) is 15.3 Å². The molecule has 2 aromatic rings. The van der Waals surface area contributed by atoms with Crippen molar-refractivity contribution in [3.63, 3.8) is 0 Å². The number of ether oxygens (including phenoxy) is 1. The summed E-state index contributed by atoms with van der Waals surface area (Å²) in [6.07, 6.45) is 0. The molecule has 2 rings (SSSR count). The molecule has 2 aromatic heterocycles. The number of nitrogens with one attached hydrogen (secondary N) is 1. The van der Waals surface area contributed by atoms with Crippen molar-refractivity contribution in [2.24, 2.45) is 0 Å². The van der Waals surface area contributed by atoms with Crippen LogP contribution in [0.25, 0.3) is 10.4 Å². The lowest BCUT2D eigenvalue weighted by Crippen LogP contribution is -2.17. The SMILES string of the molecule is COCCNCc1cc(-c2cccs2)cs1. The molecule has 4 heteroatoms. The molecular weight excluding hydrogens is 238 g/mol. The average molecular weight is 253 g/mol. The molecule has 2 nitrogen and oxygen atoms in total. The van der Waals surface area contributed by atoms with Crippen LogP contribution < -0.4 is 5.32 Å². The average Bonchev–Trinajstić information content (AvgIpc) is 2.94. The third-order valence-electron chi connectivity index (χ3n) is 2.24. The zero-order valence-electron chi connectivity index (χ0n) is 9.23. The summed E-state index contributed by atoms with van der Waals surface area (Å²) in [5.74, 6) is 0. The van der Waals surface area contributed by atoms with E-state index in [0.29, 0.717) is 0 Å². The maximum atomic E-state index is 4.99. The maximum absolute atomic E-state index is 4.99. The summed E-state index contributed by atoms with van der Waals surface area (Å²) in [6, 6.07) is 6.51. The van der Waals surface area contributed by atoms with E-state index in [2.05, 4.69) is 34.3 Å². The van der Waals surface area contributed by atoms with Crippen molar-refractivity contribution in [1.82, 2.24) is 5.32 Å². The van der Waals surface area contributed by atoms with Gasteiger partial charge in [-0.2, -0.15) is 0 Å². The molecule has 0 unspecified atom stereocenters. The van der Waals surface area contributed by atoms with Gasteiger partial charge in [-0.3, -0.25) is 0 Å². The topological polar surface area (TPSA) is 21.3 Å². The van der Waals surface area contributed by atoms with Crippen molar-refractivity contribution in [3.05, 3.63) is 33.8 Å². The van der Waals surface area contributed by atoms with Crippen LogP contribution >= 0.6 is 22.7 Å². The molecule has 0 aliphatic carbocycles. The molecule has 0 aliphatic heterocycles. The van der Waals surface area contributed by atoms with Crippen LogP contribution in [0.3, 0.4) is 0 Å². The van der Waals surface area contributed by atoms with E-state index >= 15 is 0 Å². The molecular formula is C12H15NOS2. The molecule has 0 radical (unpaired) electrons. The molecule has 0 amide bonds. The predicted octanol–water partition coefficient (Wildman–Crippen LogP) is 3.21. The second-order valence-electron chi connectivity index (χ2n) is 3.45. The smallest absolute Gasteiger partial charge is 0.0587 e. The van der Waals surface area contributed by atoms with E-state index in [1.54, 1.807) is 18.4 Å². The van der Waals surface area contributed by atoms with Crippen LogP contribution in [0.5, 0.6) is 0 Å². The van der Waals surface area contributed by atoms with E-state index in [4.69, 9.17) is 4.74 Å². The fourth-order valence-electron chi connectivity index (χ4n) is 1.43. The third kappa shape index (κ3) is 3.15. The molecule has 1 N–H and O–H groups in total. The molecule has 0 spiro atoms. The molecule has 0 aromatic carbocycles. The van der Waals surface area contributed by atoms with Crippen LogP contribution in [0.1, 0.15) is 4.88 Å². The van der Waals surface area contributed by atoms with Gasteiger partial charge in [0.2, 0.25) is 0 Å². The number of rotatable bonds is 6. The first-order chi connectivity index (χ1) is 7.90. The van der Waals surface area contributed by atoms with Gasteiger partial charge >= 0.3 is 0 Å². The largest absolute Gasteiger partial charge is 0.383 e. The van der Waals surface area contributed by atoms with Crippen molar-refractivity contribution in [2.75, 3.05) is 20.3 Å². The highest BCUT2D eigenvalue weighted by Gasteiger charge is 2.02. The predicted molar refractivity (Wildman–Crippen MR) is 71.2 cm³/mol. The molecule has 86 valence electrons. The van der Waals surface area contributed by atoms with E-state index in [0.717, 1.165) is 19.7 Å². The minimum Gasteiger partial charge on any atom is -0.383 e. The Morgan fingerprint density at radius 3 is 3.06 bits per heavy atom. The van der Waals surface area contributed by atoms with Gasteiger partial charge in [-0.05, 0) is 22.9 Å². The Morgan fingerprint density at radius 1 is 1.38 bits per heavy atom. The summed E-state index contributed by atoms with van der Waals surface area (Å²) in [5, 5.41) is 7.69. The Labute approximate surface area is 104 Å². The molecule has 0 saturated heterocycles.